The molecule has 0 spiro atoms. The van der Waals surface area contributed by atoms with Gasteiger partial charge in [0.25, 0.3) is 0 Å². The zero-order chi connectivity index (χ0) is 11.3. The third kappa shape index (κ3) is 3.58. The summed E-state index contributed by atoms with van der Waals surface area (Å²) < 4.78 is 7.15. The third-order valence-electron chi connectivity index (χ3n) is 2.29. The SMILES string of the molecule is CCOC(C)C(Cc1cn(C)nn1)NN. The summed E-state index contributed by atoms with van der Waals surface area (Å²) in [6.45, 7) is 4.64. The minimum atomic E-state index is 0.0571. The summed E-state index contributed by atoms with van der Waals surface area (Å²) >= 11 is 0. The molecule has 1 heterocycles. The van der Waals surface area contributed by atoms with Crippen LogP contribution in [0.25, 0.3) is 0 Å². The van der Waals surface area contributed by atoms with Crippen LogP contribution in [0.4, 0.5) is 0 Å². The van der Waals surface area contributed by atoms with Crippen molar-refractivity contribution < 1.29 is 4.74 Å². The molecule has 0 saturated carbocycles. The van der Waals surface area contributed by atoms with Gasteiger partial charge in [-0.05, 0) is 13.8 Å². The number of nitrogens with zero attached hydrogens (tertiary/aromatic N) is 3. The Kier molecular flexibility index (Phi) is 4.67. The zero-order valence-electron chi connectivity index (χ0n) is 9.47. The van der Waals surface area contributed by atoms with E-state index in [1.165, 1.54) is 0 Å². The lowest BCUT2D eigenvalue weighted by molar-refractivity contribution is 0.0474. The van der Waals surface area contributed by atoms with E-state index in [4.69, 9.17) is 10.6 Å². The highest BCUT2D eigenvalue weighted by Crippen LogP contribution is 2.04. The largest absolute Gasteiger partial charge is 0.377 e. The maximum atomic E-state index is 5.48. The van der Waals surface area contributed by atoms with Crippen LogP contribution in [0.3, 0.4) is 0 Å². The predicted octanol–water partition coefficient (Wildman–Crippen LogP) is -0.385. The lowest BCUT2D eigenvalue weighted by Crippen LogP contribution is -2.45. The molecule has 0 amide bonds. The van der Waals surface area contributed by atoms with Crippen molar-refractivity contribution in [2.45, 2.75) is 32.4 Å². The first-order chi connectivity index (χ1) is 7.17. The summed E-state index contributed by atoms with van der Waals surface area (Å²) in [5.41, 5.74) is 3.65. The number of ether oxygens (including phenoxy) is 1. The Bertz CT molecular complexity index is 288. The normalized spacial score (nSPS) is 15.2. The highest BCUT2D eigenvalue weighted by molar-refractivity contribution is 4.96. The molecule has 6 nitrogen and oxygen atoms in total. The summed E-state index contributed by atoms with van der Waals surface area (Å²) in [5.74, 6) is 5.47. The number of hydrazine groups is 1. The standard InChI is InChI=1S/C9H19N5O/c1-4-15-7(2)9(11-10)5-8-6-14(3)13-12-8/h6-7,9,11H,4-5,10H2,1-3H3. The topological polar surface area (TPSA) is 78.0 Å². The minimum absolute atomic E-state index is 0.0571. The molecule has 0 aliphatic rings. The van der Waals surface area contributed by atoms with E-state index >= 15 is 0 Å². The van der Waals surface area contributed by atoms with Crippen molar-refractivity contribution in [3.63, 3.8) is 0 Å². The van der Waals surface area contributed by atoms with E-state index in [1.807, 2.05) is 27.1 Å². The first kappa shape index (κ1) is 12.1. The average Bonchev–Trinajstić information content (AvgIpc) is 2.61. The Labute approximate surface area is 89.8 Å². The number of rotatable bonds is 6. The summed E-state index contributed by atoms with van der Waals surface area (Å²) in [5, 5.41) is 7.87. The maximum Gasteiger partial charge on any atom is 0.0844 e. The predicted molar refractivity (Wildman–Crippen MR) is 56.9 cm³/mol. The van der Waals surface area contributed by atoms with Crippen LogP contribution < -0.4 is 11.3 Å². The molecule has 2 atom stereocenters. The quantitative estimate of drug-likeness (QED) is 0.497. The van der Waals surface area contributed by atoms with E-state index in [0.29, 0.717) is 13.0 Å². The van der Waals surface area contributed by atoms with Crippen molar-refractivity contribution in [1.82, 2.24) is 20.4 Å². The molecule has 0 bridgehead atoms. The summed E-state index contributed by atoms with van der Waals surface area (Å²) in [4.78, 5) is 0. The van der Waals surface area contributed by atoms with Gasteiger partial charge in [0.2, 0.25) is 0 Å². The lowest BCUT2D eigenvalue weighted by Gasteiger charge is -2.21. The van der Waals surface area contributed by atoms with E-state index < -0.39 is 0 Å². The molecule has 1 aromatic rings. The van der Waals surface area contributed by atoms with Crippen LogP contribution in [0, 0.1) is 0 Å². The van der Waals surface area contributed by atoms with E-state index in [-0.39, 0.29) is 12.1 Å². The fourth-order valence-electron chi connectivity index (χ4n) is 1.45. The Balaban J connectivity index is 2.53. The second kappa shape index (κ2) is 5.79. The molecule has 2 unspecified atom stereocenters. The van der Waals surface area contributed by atoms with Crippen molar-refractivity contribution in [1.29, 1.82) is 0 Å². The molecular weight excluding hydrogens is 194 g/mol. The Morgan fingerprint density at radius 1 is 1.67 bits per heavy atom. The van der Waals surface area contributed by atoms with Gasteiger partial charge in [0.05, 0.1) is 17.8 Å². The molecule has 15 heavy (non-hydrogen) atoms. The van der Waals surface area contributed by atoms with E-state index in [9.17, 15) is 0 Å². The molecule has 0 radical (unpaired) electrons. The number of hydrogen-bond acceptors (Lipinski definition) is 5. The molecule has 1 rings (SSSR count). The highest BCUT2D eigenvalue weighted by atomic mass is 16.5. The van der Waals surface area contributed by atoms with Crippen molar-refractivity contribution in [3.05, 3.63) is 11.9 Å². The van der Waals surface area contributed by atoms with Gasteiger partial charge in [0.15, 0.2) is 0 Å². The molecule has 0 fully saturated rings. The molecule has 0 aliphatic heterocycles. The first-order valence-electron chi connectivity index (χ1n) is 5.10. The van der Waals surface area contributed by atoms with Crippen LogP contribution in [0.1, 0.15) is 19.5 Å². The Morgan fingerprint density at radius 3 is 2.87 bits per heavy atom. The van der Waals surface area contributed by atoms with Gasteiger partial charge in [-0.1, -0.05) is 5.21 Å². The van der Waals surface area contributed by atoms with Gasteiger partial charge < -0.3 is 4.74 Å². The van der Waals surface area contributed by atoms with Gasteiger partial charge in [-0.2, -0.15) is 0 Å². The fraction of sp³-hybridized carbons (Fsp3) is 0.778. The number of aryl methyl sites for hydroxylation is 1. The molecule has 6 heteroatoms. The number of aromatic nitrogens is 3. The zero-order valence-corrected chi connectivity index (χ0v) is 9.47. The number of nitrogens with two attached hydrogens (primary N) is 1. The molecule has 1 aromatic heterocycles. The first-order valence-corrected chi connectivity index (χ1v) is 5.10. The molecule has 86 valence electrons. The Hall–Kier alpha value is -0.980. The van der Waals surface area contributed by atoms with Crippen molar-refractivity contribution >= 4 is 0 Å². The summed E-state index contributed by atoms with van der Waals surface area (Å²) in [6, 6.07) is 0.0571. The fourth-order valence-corrected chi connectivity index (χ4v) is 1.45. The van der Waals surface area contributed by atoms with Gasteiger partial charge in [-0.25, -0.2) is 0 Å². The van der Waals surface area contributed by atoms with Crippen LogP contribution in [-0.4, -0.2) is 33.7 Å². The van der Waals surface area contributed by atoms with Crippen LogP contribution in [-0.2, 0) is 18.2 Å². The van der Waals surface area contributed by atoms with Gasteiger partial charge in [-0.3, -0.25) is 16.0 Å². The van der Waals surface area contributed by atoms with Crippen LogP contribution in [0.5, 0.6) is 0 Å². The second-order valence-corrected chi connectivity index (χ2v) is 3.52. The van der Waals surface area contributed by atoms with E-state index in [0.717, 1.165) is 5.69 Å². The summed E-state index contributed by atoms with van der Waals surface area (Å²) in [7, 11) is 1.84. The monoisotopic (exact) mass is 213 g/mol. The molecule has 0 aromatic carbocycles. The van der Waals surface area contributed by atoms with Gasteiger partial charge in [0, 0.05) is 26.3 Å². The maximum absolute atomic E-state index is 5.48. The number of hydrogen-bond donors (Lipinski definition) is 2. The van der Waals surface area contributed by atoms with Gasteiger partial charge in [-0.15, -0.1) is 5.10 Å². The van der Waals surface area contributed by atoms with E-state index in [1.54, 1.807) is 4.68 Å². The van der Waals surface area contributed by atoms with Gasteiger partial charge >= 0.3 is 0 Å². The summed E-state index contributed by atoms with van der Waals surface area (Å²) in [6.07, 6.45) is 2.65. The smallest absolute Gasteiger partial charge is 0.0844 e. The van der Waals surface area contributed by atoms with Crippen molar-refractivity contribution in [3.8, 4) is 0 Å². The number of nitrogens with one attached hydrogen (secondary N) is 1. The van der Waals surface area contributed by atoms with Crippen molar-refractivity contribution in [2.75, 3.05) is 6.61 Å². The molecular formula is C9H19N5O. The average molecular weight is 213 g/mol. The third-order valence-corrected chi connectivity index (χ3v) is 2.29. The highest BCUT2D eigenvalue weighted by Gasteiger charge is 2.17. The van der Waals surface area contributed by atoms with Crippen LogP contribution >= 0.6 is 0 Å². The van der Waals surface area contributed by atoms with Crippen LogP contribution in [0.2, 0.25) is 0 Å². The lowest BCUT2D eigenvalue weighted by atomic mass is 10.1. The molecule has 3 N–H and O–H groups in total. The molecule has 0 aliphatic carbocycles. The minimum Gasteiger partial charge on any atom is -0.377 e. The van der Waals surface area contributed by atoms with Gasteiger partial charge in [0.1, 0.15) is 0 Å². The van der Waals surface area contributed by atoms with Crippen molar-refractivity contribution in [2.24, 2.45) is 12.9 Å². The van der Waals surface area contributed by atoms with Crippen LogP contribution in [0.15, 0.2) is 6.20 Å². The second-order valence-electron chi connectivity index (χ2n) is 3.52. The molecule has 0 saturated heterocycles. The van der Waals surface area contributed by atoms with E-state index in [2.05, 4.69) is 15.7 Å². The Morgan fingerprint density at radius 2 is 2.40 bits per heavy atom.